The highest BCUT2D eigenvalue weighted by Gasteiger charge is 2.70. The highest BCUT2D eigenvalue weighted by molar-refractivity contribution is 8.00. The summed E-state index contributed by atoms with van der Waals surface area (Å²) in [5.74, 6) is -4.45. The van der Waals surface area contributed by atoms with Crippen molar-refractivity contribution in [2.75, 3.05) is 11.9 Å². The molecule has 1 saturated heterocycles. The van der Waals surface area contributed by atoms with Gasteiger partial charge in [-0.3, -0.25) is 24.1 Å². The van der Waals surface area contributed by atoms with Gasteiger partial charge in [-0.2, -0.15) is 0 Å². The number of imide groups is 1. The van der Waals surface area contributed by atoms with Crippen molar-refractivity contribution in [3.8, 4) is 5.75 Å². The first-order chi connectivity index (χ1) is 22.0. The molecule has 3 N–H and O–H groups in total. The van der Waals surface area contributed by atoms with E-state index in [-0.39, 0.29) is 52.7 Å². The fourth-order valence-corrected chi connectivity index (χ4v) is 11.1. The zero-order chi connectivity index (χ0) is 32.4. The van der Waals surface area contributed by atoms with Crippen molar-refractivity contribution in [1.82, 2.24) is 9.88 Å². The van der Waals surface area contributed by atoms with Crippen LogP contribution in [0, 0.1) is 41.3 Å². The number of hydrogen-bond donors (Lipinski definition) is 3. The van der Waals surface area contributed by atoms with E-state index < -0.39 is 47.4 Å². The number of carbonyl (C=O) groups is 4. The number of rotatable bonds is 9. The van der Waals surface area contributed by atoms with Crippen LogP contribution < -0.4 is 14.9 Å². The van der Waals surface area contributed by atoms with Crippen LogP contribution in [0.4, 0.5) is 10.1 Å². The summed E-state index contributed by atoms with van der Waals surface area (Å²) in [6, 6.07) is 11.5. The molecule has 4 aliphatic rings. The van der Waals surface area contributed by atoms with Gasteiger partial charge in [0.25, 0.3) is 5.91 Å². The van der Waals surface area contributed by atoms with E-state index in [9.17, 15) is 33.5 Å². The van der Waals surface area contributed by atoms with E-state index in [4.69, 9.17) is 4.74 Å². The molecule has 0 spiro atoms. The van der Waals surface area contributed by atoms with Crippen LogP contribution in [0.5, 0.6) is 5.75 Å². The molecule has 3 aromatic rings. The number of aromatic amines is 1. The van der Waals surface area contributed by atoms with E-state index in [1.807, 2.05) is 26.0 Å². The summed E-state index contributed by atoms with van der Waals surface area (Å²) in [5, 5.41) is 13.3. The Labute approximate surface area is 271 Å². The summed E-state index contributed by atoms with van der Waals surface area (Å²) in [5.41, 5.74) is 1.20. The standard InChI is InChI=1S/C33H32FN3O7S2/c1-14(2)11-20(32(41)42)37-30(39)25-18-12-19(26(25)31(37)40)27-24(18)23(28-29(45-27)36-33(43)46-28)17-5-3-4-6-21(17)44-13-22(38)35-16-9-7-15(34)8-10-16/h3-10,14,18-20,23-27H,11-13H2,1-2H3,(H,35,38)(H,36,43)(H,41,42)/t18?,19?,20?,23-,24?,25?,26?,27?/m1/s1. The number of benzene rings is 2. The molecule has 2 bridgehead atoms. The lowest BCUT2D eigenvalue weighted by Gasteiger charge is -2.43. The number of thiazole rings is 1. The van der Waals surface area contributed by atoms with E-state index >= 15 is 0 Å². The molecule has 10 nitrogen and oxygen atoms in total. The molecule has 2 aromatic carbocycles. The monoisotopic (exact) mass is 665 g/mol. The molecule has 46 heavy (non-hydrogen) atoms. The van der Waals surface area contributed by atoms with Gasteiger partial charge in [0.05, 0.1) is 16.9 Å². The van der Waals surface area contributed by atoms with Gasteiger partial charge in [-0.05, 0) is 66.8 Å². The summed E-state index contributed by atoms with van der Waals surface area (Å²) in [7, 11) is 0. The minimum Gasteiger partial charge on any atom is -0.483 e. The number of thioether (sulfide) groups is 1. The zero-order valence-electron chi connectivity index (χ0n) is 25.0. The Morgan fingerprint density at radius 3 is 2.46 bits per heavy atom. The van der Waals surface area contributed by atoms with Gasteiger partial charge in [0.15, 0.2) is 6.61 Å². The maximum absolute atomic E-state index is 14.0. The maximum atomic E-state index is 14.0. The number of amides is 3. The Hall–Kier alpha value is -3.97. The van der Waals surface area contributed by atoms with E-state index in [0.29, 0.717) is 17.9 Å². The fourth-order valence-electron chi connectivity index (χ4n) is 8.20. The number of nitrogens with zero attached hydrogens (tertiary/aromatic N) is 1. The number of anilines is 1. The Kier molecular flexibility index (Phi) is 7.79. The molecule has 8 atom stereocenters. The minimum atomic E-state index is -1.20. The average Bonchev–Trinajstić information content (AvgIpc) is 3.75. The number of nitrogens with one attached hydrogen (secondary N) is 2. The van der Waals surface area contributed by atoms with Crippen LogP contribution in [-0.4, -0.2) is 56.6 Å². The molecule has 240 valence electrons. The largest absolute Gasteiger partial charge is 0.483 e. The number of carboxylic acids is 1. The molecular weight excluding hydrogens is 634 g/mol. The fraction of sp³-hybridized carbons (Fsp3) is 0.424. The number of ether oxygens (including phenoxy) is 1. The second-order valence-electron chi connectivity index (χ2n) is 12.9. The number of hydrogen-bond acceptors (Lipinski definition) is 8. The number of fused-ring (bicyclic) bond motifs is 9. The molecule has 2 saturated carbocycles. The van der Waals surface area contributed by atoms with Crippen LogP contribution in [0.2, 0.25) is 0 Å². The topological polar surface area (TPSA) is 146 Å². The van der Waals surface area contributed by atoms with Crippen LogP contribution >= 0.6 is 23.1 Å². The highest BCUT2D eigenvalue weighted by Crippen LogP contribution is 2.69. The van der Waals surface area contributed by atoms with Crippen LogP contribution in [-0.2, 0) is 19.2 Å². The van der Waals surface area contributed by atoms with Crippen molar-refractivity contribution in [1.29, 1.82) is 0 Å². The van der Waals surface area contributed by atoms with Gasteiger partial charge in [0, 0.05) is 27.3 Å². The number of aliphatic carboxylic acids is 1. The summed E-state index contributed by atoms with van der Waals surface area (Å²) < 4.78 is 19.4. The predicted molar refractivity (Wildman–Crippen MR) is 168 cm³/mol. The van der Waals surface area contributed by atoms with Crippen LogP contribution in [0.25, 0.3) is 0 Å². The first-order valence-electron chi connectivity index (χ1n) is 15.3. The lowest BCUT2D eigenvalue weighted by molar-refractivity contribution is -0.156. The third kappa shape index (κ3) is 5.04. The summed E-state index contributed by atoms with van der Waals surface area (Å²) >= 11 is 2.65. The van der Waals surface area contributed by atoms with Crippen molar-refractivity contribution in [3.05, 3.63) is 74.5 Å². The average molecular weight is 666 g/mol. The summed E-state index contributed by atoms with van der Waals surface area (Å²) in [4.78, 5) is 70.1. The lowest BCUT2D eigenvalue weighted by Crippen LogP contribution is -2.47. The van der Waals surface area contributed by atoms with Gasteiger partial charge in [0.1, 0.15) is 17.6 Å². The Balaban J connectivity index is 1.21. The number of halogens is 1. The van der Waals surface area contributed by atoms with Crippen LogP contribution in [0.3, 0.4) is 0 Å². The van der Waals surface area contributed by atoms with Crippen molar-refractivity contribution >= 4 is 52.5 Å². The quantitative estimate of drug-likeness (QED) is 0.282. The van der Waals surface area contributed by atoms with Crippen molar-refractivity contribution in [2.45, 2.75) is 48.9 Å². The maximum Gasteiger partial charge on any atom is 0.326 e. The smallest absolute Gasteiger partial charge is 0.326 e. The lowest BCUT2D eigenvalue weighted by atomic mass is 9.68. The van der Waals surface area contributed by atoms with E-state index in [1.54, 1.807) is 12.1 Å². The predicted octanol–water partition coefficient (Wildman–Crippen LogP) is 4.57. The number of carbonyl (C=O) groups excluding carboxylic acids is 3. The molecule has 2 aliphatic heterocycles. The molecule has 13 heteroatoms. The Morgan fingerprint density at radius 2 is 1.76 bits per heavy atom. The first kappa shape index (κ1) is 30.7. The normalized spacial score (nSPS) is 28.2. The van der Waals surface area contributed by atoms with Crippen LogP contribution in [0.15, 0.2) is 58.4 Å². The van der Waals surface area contributed by atoms with E-state index in [1.165, 1.54) is 36.0 Å². The minimum absolute atomic E-state index is 0.0246. The van der Waals surface area contributed by atoms with Crippen LogP contribution in [0.1, 0.15) is 43.0 Å². The zero-order valence-corrected chi connectivity index (χ0v) is 26.6. The first-order valence-corrected chi connectivity index (χ1v) is 17.0. The molecule has 3 amide bonds. The molecule has 1 aromatic heterocycles. The third-order valence-electron chi connectivity index (χ3n) is 9.79. The molecule has 2 aliphatic carbocycles. The third-order valence-corrected chi connectivity index (χ3v) is 12.4. The summed E-state index contributed by atoms with van der Waals surface area (Å²) in [6.45, 7) is 3.42. The Morgan fingerprint density at radius 1 is 1.07 bits per heavy atom. The van der Waals surface area contributed by atoms with Gasteiger partial charge >= 0.3 is 10.8 Å². The molecular formula is C33H32FN3O7S2. The SMILES string of the molecule is CC(C)CC(C(=O)O)N1C(=O)C2C3CC(C2C1=O)C1C3Sc2[nH]c(=O)sc2[C@@H]1c1ccccc1OCC(=O)Nc1ccc(F)cc1. The second-order valence-corrected chi connectivity index (χ2v) is 15.1. The Bertz CT molecular complexity index is 1790. The highest BCUT2D eigenvalue weighted by atomic mass is 32.2. The van der Waals surface area contributed by atoms with E-state index in [2.05, 4.69) is 10.3 Å². The number of likely N-dealkylation sites (tertiary alicyclic amines) is 1. The molecule has 3 fully saturated rings. The number of aromatic nitrogens is 1. The molecule has 0 radical (unpaired) electrons. The van der Waals surface area contributed by atoms with Gasteiger partial charge in [-0.1, -0.05) is 43.4 Å². The summed E-state index contributed by atoms with van der Waals surface area (Å²) in [6.07, 6.45) is 0.841. The number of carboxylic acid groups (broad SMARTS) is 1. The number of H-pyrrole nitrogens is 1. The molecule has 7 rings (SSSR count). The molecule has 3 heterocycles. The van der Waals surface area contributed by atoms with E-state index in [0.717, 1.165) is 31.7 Å². The van der Waals surface area contributed by atoms with Crippen molar-refractivity contribution in [2.24, 2.45) is 35.5 Å². The van der Waals surface area contributed by atoms with Gasteiger partial charge in [0.2, 0.25) is 11.8 Å². The number of para-hydroxylation sites is 1. The molecule has 7 unspecified atom stereocenters. The van der Waals surface area contributed by atoms with Crippen molar-refractivity contribution < 1.29 is 33.4 Å². The second kappa shape index (κ2) is 11.7. The van der Waals surface area contributed by atoms with Crippen molar-refractivity contribution in [3.63, 3.8) is 0 Å². The van der Waals surface area contributed by atoms with Gasteiger partial charge in [-0.15, -0.1) is 11.8 Å². The van der Waals surface area contributed by atoms with Gasteiger partial charge in [-0.25, -0.2) is 9.18 Å². The van der Waals surface area contributed by atoms with Gasteiger partial charge < -0.3 is 20.1 Å².